The SMILES string of the molecule is COc1ccc(-n2ncc3cc(C(O)(c4cccc5ccccc45)C(F)(F)F)ccc32)cc1. The number of alkyl halides is 3. The number of rotatable bonds is 4. The van der Waals surface area contributed by atoms with Crippen molar-refractivity contribution in [3.8, 4) is 11.4 Å². The average molecular weight is 448 g/mol. The van der Waals surface area contributed by atoms with Gasteiger partial charge in [0.2, 0.25) is 5.60 Å². The summed E-state index contributed by atoms with van der Waals surface area (Å²) in [5.41, 5.74) is -2.32. The molecule has 166 valence electrons. The third kappa shape index (κ3) is 3.32. The average Bonchev–Trinajstić information content (AvgIpc) is 3.26. The van der Waals surface area contributed by atoms with Crippen LogP contribution >= 0.6 is 0 Å². The Kier molecular flexibility index (Phi) is 4.87. The summed E-state index contributed by atoms with van der Waals surface area (Å²) in [6.07, 6.45) is -3.46. The minimum atomic E-state index is -4.95. The van der Waals surface area contributed by atoms with Crippen LogP contribution in [0.15, 0.2) is 91.1 Å². The molecular weight excluding hydrogens is 429 g/mol. The van der Waals surface area contributed by atoms with Crippen LogP contribution in [-0.4, -0.2) is 28.2 Å². The Labute approximate surface area is 187 Å². The predicted octanol–water partition coefficient (Wildman–Crippen LogP) is 5.99. The van der Waals surface area contributed by atoms with Gasteiger partial charge in [-0.25, -0.2) is 4.68 Å². The Bertz CT molecular complexity index is 1450. The van der Waals surface area contributed by atoms with Crippen LogP contribution in [0.5, 0.6) is 5.75 Å². The molecule has 4 nitrogen and oxygen atoms in total. The van der Waals surface area contributed by atoms with Crippen LogP contribution in [0.1, 0.15) is 11.1 Å². The van der Waals surface area contributed by atoms with Gasteiger partial charge in [-0.3, -0.25) is 0 Å². The number of benzene rings is 4. The molecule has 33 heavy (non-hydrogen) atoms. The van der Waals surface area contributed by atoms with E-state index < -0.39 is 11.8 Å². The lowest BCUT2D eigenvalue weighted by atomic mass is 9.82. The van der Waals surface area contributed by atoms with Gasteiger partial charge in [0, 0.05) is 10.9 Å². The number of methoxy groups -OCH3 is 1. The first-order valence-electron chi connectivity index (χ1n) is 10.2. The number of ether oxygens (including phenoxy) is 1. The zero-order valence-corrected chi connectivity index (χ0v) is 17.5. The summed E-state index contributed by atoms with van der Waals surface area (Å²) in [5, 5.41) is 17.0. The number of fused-ring (bicyclic) bond motifs is 2. The Morgan fingerprint density at radius 1 is 0.848 bits per heavy atom. The van der Waals surface area contributed by atoms with E-state index in [-0.39, 0.29) is 11.1 Å². The van der Waals surface area contributed by atoms with Crippen molar-refractivity contribution in [3.63, 3.8) is 0 Å². The highest BCUT2D eigenvalue weighted by atomic mass is 19.4. The van der Waals surface area contributed by atoms with Crippen molar-refractivity contribution < 1.29 is 23.0 Å². The predicted molar refractivity (Wildman–Crippen MR) is 121 cm³/mol. The van der Waals surface area contributed by atoms with E-state index in [0.717, 1.165) is 5.69 Å². The quantitative estimate of drug-likeness (QED) is 0.368. The Balaban J connectivity index is 1.68. The molecule has 1 N–H and O–H groups in total. The van der Waals surface area contributed by atoms with E-state index in [2.05, 4.69) is 5.10 Å². The van der Waals surface area contributed by atoms with Crippen LogP contribution in [0.25, 0.3) is 27.4 Å². The second-order valence-electron chi connectivity index (χ2n) is 7.76. The summed E-state index contributed by atoms with van der Waals surface area (Å²) >= 11 is 0. The van der Waals surface area contributed by atoms with Gasteiger partial charge < -0.3 is 9.84 Å². The van der Waals surface area contributed by atoms with Crippen molar-refractivity contribution in [2.45, 2.75) is 11.8 Å². The van der Waals surface area contributed by atoms with Gasteiger partial charge in [0.25, 0.3) is 0 Å². The third-order valence-electron chi connectivity index (χ3n) is 5.89. The van der Waals surface area contributed by atoms with Gasteiger partial charge in [-0.05, 0) is 52.7 Å². The van der Waals surface area contributed by atoms with E-state index in [1.165, 1.54) is 30.5 Å². The lowest BCUT2D eigenvalue weighted by Crippen LogP contribution is -2.43. The van der Waals surface area contributed by atoms with Crippen LogP contribution in [0.3, 0.4) is 0 Å². The molecule has 0 spiro atoms. The molecule has 0 saturated heterocycles. The van der Waals surface area contributed by atoms with Gasteiger partial charge in [-0.2, -0.15) is 18.3 Å². The maximum absolute atomic E-state index is 14.5. The van der Waals surface area contributed by atoms with Gasteiger partial charge in [0.05, 0.1) is 24.5 Å². The second kappa shape index (κ2) is 7.64. The highest BCUT2D eigenvalue weighted by molar-refractivity contribution is 5.88. The molecule has 1 unspecified atom stereocenters. The first kappa shape index (κ1) is 21.0. The van der Waals surface area contributed by atoms with Crippen LogP contribution in [0, 0.1) is 0 Å². The van der Waals surface area contributed by atoms with Crippen molar-refractivity contribution in [3.05, 3.63) is 102 Å². The van der Waals surface area contributed by atoms with Crippen LogP contribution < -0.4 is 4.74 Å². The molecule has 0 aliphatic heterocycles. The summed E-state index contributed by atoms with van der Waals surface area (Å²) in [7, 11) is 1.57. The van der Waals surface area contributed by atoms with E-state index in [1.807, 2.05) is 0 Å². The van der Waals surface area contributed by atoms with Crippen molar-refractivity contribution in [1.82, 2.24) is 9.78 Å². The molecule has 5 rings (SSSR count). The van der Waals surface area contributed by atoms with E-state index in [9.17, 15) is 18.3 Å². The van der Waals surface area contributed by atoms with Crippen molar-refractivity contribution >= 4 is 21.7 Å². The summed E-state index contributed by atoms with van der Waals surface area (Å²) in [6, 6.07) is 22.6. The Hall–Kier alpha value is -3.84. The number of hydrogen-bond donors (Lipinski definition) is 1. The van der Waals surface area contributed by atoms with E-state index in [0.29, 0.717) is 27.4 Å². The largest absolute Gasteiger partial charge is 0.497 e. The molecular formula is C26H19F3N2O2. The minimum absolute atomic E-state index is 0.213. The van der Waals surface area contributed by atoms with E-state index in [4.69, 9.17) is 4.74 Å². The maximum atomic E-state index is 14.5. The summed E-state index contributed by atoms with van der Waals surface area (Å²) in [6.45, 7) is 0. The van der Waals surface area contributed by atoms with Crippen LogP contribution in [0.2, 0.25) is 0 Å². The third-order valence-corrected chi connectivity index (χ3v) is 5.89. The molecule has 1 atom stereocenters. The fourth-order valence-corrected chi connectivity index (χ4v) is 4.20. The van der Waals surface area contributed by atoms with Gasteiger partial charge in [0.15, 0.2) is 0 Å². The van der Waals surface area contributed by atoms with E-state index >= 15 is 0 Å². The molecule has 4 aromatic carbocycles. The lowest BCUT2D eigenvalue weighted by Gasteiger charge is -2.32. The topological polar surface area (TPSA) is 47.3 Å². The second-order valence-corrected chi connectivity index (χ2v) is 7.76. The molecule has 5 aromatic rings. The zero-order valence-electron chi connectivity index (χ0n) is 17.5. The molecule has 0 saturated carbocycles. The molecule has 0 bridgehead atoms. The summed E-state index contributed by atoms with van der Waals surface area (Å²) in [4.78, 5) is 0. The Morgan fingerprint density at radius 2 is 1.58 bits per heavy atom. The fourth-order valence-electron chi connectivity index (χ4n) is 4.20. The van der Waals surface area contributed by atoms with Crippen molar-refractivity contribution in [2.24, 2.45) is 0 Å². The monoisotopic (exact) mass is 448 g/mol. The Morgan fingerprint density at radius 3 is 2.30 bits per heavy atom. The fraction of sp³-hybridized carbons (Fsp3) is 0.115. The van der Waals surface area contributed by atoms with E-state index in [1.54, 1.807) is 72.5 Å². The summed E-state index contributed by atoms with van der Waals surface area (Å²) in [5.74, 6) is 0.683. The van der Waals surface area contributed by atoms with Gasteiger partial charge in [0.1, 0.15) is 5.75 Å². The normalized spacial score (nSPS) is 13.8. The van der Waals surface area contributed by atoms with Crippen LogP contribution in [-0.2, 0) is 5.60 Å². The zero-order chi connectivity index (χ0) is 23.2. The summed E-state index contributed by atoms with van der Waals surface area (Å²) < 4.78 is 50.2. The van der Waals surface area contributed by atoms with Crippen molar-refractivity contribution in [2.75, 3.05) is 7.11 Å². The lowest BCUT2D eigenvalue weighted by molar-refractivity contribution is -0.247. The van der Waals surface area contributed by atoms with Gasteiger partial charge in [-0.15, -0.1) is 0 Å². The molecule has 0 fully saturated rings. The smallest absolute Gasteiger partial charge is 0.425 e. The molecule has 0 amide bonds. The minimum Gasteiger partial charge on any atom is -0.497 e. The number of halogens is 3. The standard InChI is InChI=1S/C26H19F3N2O2/c1-33-21-12-10-20(11-13-21)31-24-14-9-19(15-18(24)16-30-31)25(32,26(27,28)29)23-8-4-6-17-5-2-3-7-22(17)23/h2-16,32H,1H3. The van der Waals surface area contributed by atoms with Gasteiger partial charge in [-0.1, -0.05) is 48.5 Å². The highest BCUT2D eigenvalue weighted by Gasteiger charge is 2.57. The molecule has 1 heterocycles. The molecule has 1 aromatic heterocycles. The number of nitrogens with zero attached hydrogens (tertiary/aromatic N) is 2. The number of aromatic nitrogens is 2. The molecule has 0 radical (unpaired) electrons. The van der Waals surface area contributed by atoms with Crippen LogP contribution in [0.4, 0.5) is 13.2 Å². The molecule has 0 aliphatic carbocycles. The van der Waals surface area contributed by atoms with Crippen molar-refractivity contribution in [1.29, 1.82) is 0 Å². The molecule has 0 aliphatic rings. The first-order valence-corrected chi connectivity index (χ1v) is 10.2. The number of hydrogen-bond acceptors (Lipinski definition) is 3. The highest BCUT2D eigenvalue weighted by Crippen LogP contribution is 2.47. The first-order chi connectivity index (χ1) is 15.8. The molecule has 7 heteroatoms. The number of aliphatic hydroxyl groups is 1. The van der Waals surface area contributed by atoms with Gasteiger partial charge >= 0.3 is 6.18 Å². The maximum Gasteiger partial charge on any atom is 0.425 e.